The number of imidazole rings is 1. The van der Waals surface area contributed by atoms with Gasteiger partial charge in [-0.1, -0.05) is 16.5 Å². The van der Waals surface area contributed by atoms with Gasteiger partial charge in [-0.15, -0.1) is 5.10 Å². The van der Waals surface area contributed by atoms with Gasteiger partial charge in [-0.3, -0.25) is 4.90 Å². The third kappa shape index (κ3) is 3.01. The molecule has 0 amide bonds. The number of piperidine rings is 1. The first kappa shape index (κ1) is 15.5. The first-order chi connectivity index (χ1) is 11.6. The lowest BCUT2D eigenvalue weighted by molar-refractivity contribution is 0.192. The highest BCUT2D eigenvalue weighted by molar-refractivity contribution is 7.20. The Morgan fingerprint density at radius 3 is 3.00 bits per heavy atom. The standard InChI is InChI=1S/C15H21N7OS/c1-10-7-22-14(16-10)24-15(18-22)20(3)12-5-4-6-21(8-12)9-13-17-11(2)23-19-13/h7,12H,4-6,8-9H2,1-3H3. The highest BCUT2D eigenvalue weighted by Gasteiger charge is 2.26. The topological polar surface area (TPSA) is 75.6 Å². The lowest BCUT2D eigenvalue weighted by Crippen LogP contribution is -2.46. The fourth-order valence-corrected chi connectivity index (χ4v) is 4.16. The summed E-state index contributed by atoms with van der Waals surface area (Å²) in [5.74, 6) is 1.39. The Morgan fingerprint density at radius 2 is 2.25 bits per heavy atom. The van der Waals surface area contributed by atoms with E-state index in [1.807, 2.05) is 24.6 Å². The highest BCUT2D eigenvalue weighted by Crippen LogP contribution is 2.26. The van der Waals surface area contributed by atoms with E-state index >= 15 is 0 Å². The molecule has 1 atom stereocenters. The number of likely N-dealkylation sites (tertiary alicyclic amines) is 1. The fourth-order valence-electron chi connectivity index (χ4n) is 3.19. The molecule has 1 fully saturated rings. The quantitative estimate of drug-likeness (QED) is 0.713. The van der Waals surface area contributed by atoms with E-state index in [1.54, 1.807) is 11.3 Å². The molecule has 1 unspecified atom stereocenters. The number of anilines is 1. The normalized spacial score (nSPS) is 19.2. The minimum atomic E-state index is 0.434. The predicted octanol–water partition coefficient (Wildman–Crippen LogP) is 1.89. The molecule has 1 saturated heterocycles. The minimum Gasteiger partial charge on any atom is -0.345 e. The molecule has 3 aromatic heterocycles. The average molecular weight is 347 g/mol. The molecule has 0 bridgehead atoms. The van der Waals surface area contributed by atoms with Crippen LogP contribution in [0.1, 0.15) is 30.3 Å². The van der Waals surface area contributed by atoms with Crippen molar-refractivity contribution in [1.29, 1.82) is 0 Å². The largest absolute Gasteiger partial charge is 0.345 e. The molecule has 0 saturated carbocycles. The van der Waals surface area contributed by atoms with Gasteiger partial charge >= 0.3 is 0 Å². The second-order valence-corrected chi connectivity index (χ2v) is 7.30. The third-order valence-corrected chi connectivity index (χ3v) is 5.43. The first-order valence-electron chi connectivity index (χ1n) is 8.15. The summed E-state index contributed by atoms with van der Waals surface area (Å²) in [7, 11) is 2.12. The number of likely N-dealkylation sites (N-methyl/N-ethyl adjacent to an activating group) is 1. The van der Waals surface area contributed by atoms with E-state index in [-0.39, 0.29) is 0 Å². The predicted molar refractivity (Wildman–Crippen MR) is 91.3 cm³/mol. The number of rotatable bonds is 4. The van der Waals surface area contributed by atoms with Crippen LogP contribution in [0.2, 0.25) is 0 Å². The van der Waals surface area contributed by atoms with Crippen LogP contribution in [0.4, 0.5) is 5.13 Å². The van der Waals surface area contributed by atoms with E-state index in [2.05, 4.69) is 37.1 Å². The number of hydrogen-bond acceptors (Lipinski definition) is 8. The monoisotopic (exact) mass is 347 g/mol. The molecule has 0 spiro atoms. The molecule has 0 aliphatic carbocycles. The van der Waals surface area contributed by atoms with Crippen molar-refractivity contribution in [3.05, 3.63) is 23.6 Å². The van der Waals surface area contributed by atoms with E-state index in [4.69, 9.17) is 4.52 Å². The van der Waals surface area contributed by atoms with E-state index in [9.17, 15) is 0 Å². The molecule has 3 aromatic rings. The van der Waals surface area contributed by atoms with Crippen LogP contribution < -0.4 is 4.90 Å². The Labute approximate surface area is 144 Å². The SMILES string of the molecule is Cc1cn2nc(N(C)C3CCCN(Cc4noc(C)n4)C3)sc2n1. The second kappa shape index (κ2) is 6.14. The summed E-state index contributed by atoms with van der Waals surface area (Å²) in [6.45, 7) is 6.60. The van der Waals surface area contributed by atoms with Crippen LogP contribution in [0.15, 0.2) is 10.7 Å². The minimum absolute atomic E-state index is 0.434. The molecule has 4 heterocycles. The summed E-state index contributed by atoms with van der Waals surface area (Å²) >= 11 is 1.64. The number of fused-ring (bicyclic) bond motifs is 1. The van der Waals surface area contributed by atoms with Crippen LogP contribution in [-0.4, -0.2) is 55.8 Å². The molecule has 1 aliphatic heterocycles. The summed E-state index contributed by atoms with van der Waals surface area (Å²) in [5.41, 5.74) is 1.00. The molecule has 24 heavy (non-hydrogen) atoms. The third-order valence-electron chi connectivity index (χ3n) is 4.42. The number of hydrogen-bond donors (Lipinski definition) is 0. The van der Waals surface area contributed by atoms with E-state index in [0.29, 0.717) is 11.9 Å². The van der Waals surface area contributed by atoms with Crippen molar-refractivity contribution in [3.63, 3.8) is 0 Å². The van der Waals surface area contributed by atoms with Crippen molar-refractivity contribution in [1.82, 2.24) is 29.6 Å². The summed E-state index contributed by atoms with van der Waals surface area (Å²) in [6.07, 6.45) is 4.29. The van der Waals surface area contributed by atoms with Crippen LogP contribution in [0.3, 0.4) is 0 Å². The van der Waals surface area contributed by atoms with Gasteiger partial charge in [-0.2, -0.15) is 4.98 Å². The van der Waals surface area contributed by atoms with Gasteiger partial charge < -0.3 is 9.42 Å². The van der Waals surface area contributed by atoms with Gasteiger partial charge in [0.15, 0.2) is 5.82 Å². The molecule has 0 radical (unpaired) electrons. The van der Waals surface area contributed by atoms with Crippen molar-refractivity contribution in [2.75, 3.05) is 25.0 Å². The summed E-state index contributed by atoms with van der Waals surface area (Å²) in [6, 6.07) is 0.434. The molecular formula is C15H21N7OS. The number of nitrogens with zero attached hydrogens (tertiary/aromatic N) is 7. The molecule has 4 rings (SSSR count). The van der Waals surface area contributed by atoms with Gasteiger partial charge in [0.1, 0.15) is 0 Å². The van der Waals surface area contributed by atoms with Crippen LogP contribution in [0, 0.1) is 13.8 Å². The first-order valence-corrected chi connectivity index (χ1v) is 8.97. The van der Waals surface area contributed by atoms with Crippen molar-refractivity contribution >= 4 is 21.4 Å². The molecule has 0 N–H and O–H groups in total. The molecule has 0 aromatic carbocycles. The van der Waals surface area contributed by atoms with Crippen molar-refractivity contribution in [2.45, 2.75) is 39.3 Å². The second-order valence-electron chi connectivity index (χ2n) is 6.37. The van der Waals surface area contributed by atoms with Crippen molar-refractivity contribution in [2.24, 2.45) is 0 Å². The van der Waals surface area contributed by atoms with E-state index in [1.165, 1.54) is 6.42 Å². The zero-order valence-corrected chi connectivity index (χ0v) is 15.0. The van der Waals surface area contributed by atoms with Crippen molar-refractivity contribution < 1.29 is 4.52 Å². The van der Waals surface area contributed by atoms with Crippen LogP contribution in [0.5, 0.6) is 0 Å². The molecular weight excluding hydrogens is 326 g/mol. The maximum absolute atomic E-state index is 5.07. The van der Waals surface area contributed by atoms with Gasteiger partial charge in [0, 0.05) is 26.6 Å². The zero-order chi connectivity index (χ0) is 16.7. The number of aromatic nitrogens is 5. The average Bonchev–Trinajstić information content (AvgIpc) is 3.21. The maximum atomic E-state index is 5.07. The Morgan fingerprint density at radius 1 is 1.38 bits per heavy atom. The fraction of sp³-hybridized carbons (Fsp3) is 0.600. The lowest BCUT2D eigenvalue weighted by atomic mass is 10.0. The van der Waals surface area contributed by atoms with E-state index in [0.717, 1.165) is 47.7 Å². The smallest absolute Gasteiger partial charge is 0.223 e. The summed E-state index contributed by atoms with van der Waals surface area (Å²) < 4.78 is 6.94. The van der Waals surface area contributed by atoms with Crippen LogP contribution in [0.25, 0.3) is 4.96 Å². The van der Waals surface area contributed by atoms with Gasteiger partial charge in [-0.25, -0.2) is 9.50 Å². The molecule has 1 aliphatic rings. The van der Waals surface area contributed by atoms with Gasteiger partial charge in [0.05, 0.1) is 18.4 Å². The highest BCUT2D eigenvalue weighted by atomic mass is 32.1. The van der Waals surface area contributed by atoms with Gasteiger partial charge in [0.2, 0.25) is 16.0 Å². The molecule has 9 heteroatoms. The molecule has 8 nitrogen and oxygen atoms in total. The summed E-state index contributed by atoms with van der Waals surface area (Å²) in [4.78, 5) is 14.4. The van der Waals surface area contributed by atoms with Crippen molar-refractivity contribution in [3.8, 4) is 0 Å². The van der Waals surface area contributed by atoms with Gasteiger partial charge in [-0.05, 0) is 26.3 Å². The zero-order valence-electron chi connectivity index (χ0n) is 14.1. The van der Waals surface area contributed by atoms with Crippen LogP contribution in [-0.2, 0) is 6.54 Å². The number of aryl methyl sites for hydroxylation is 2. The molecule has 128 valence electrons. The van der Waals surface area contributed by atoms with Crippen LogP contribution >= 0.6 is 11.3 Å². The Hall–Kier alpha value is -2.00. The summed E-state index contributed by atoms with van der Waals surface area (Å²) in [5, 5.41) is 9.68. The Bertz CT molecular complexity index is 806. The lowest BCUT2D eigenvalue weighted by Gasteiger charge is -2.36. The van der Waals surface area contributed by atoms with E-state index < -0.39 is 0 Å². The van der Waals surface area contributed by atoms with Gasteiger partial charge in [0.25, 0.3) is 0 Å². The Balaban J connectivity index is 1.45. The Kier molecular flexibility index (Phi) is 3.97. The maximum Gasteiger partial charge on any atom is 0.223 e.